The second kappa shape index (κ2) is 3.28. The number of alkyl halides is 3. The first-order valence-corrected chi connectivity index (χ1v) is 2.51. The highest BCUT2D eigenvalue weighted by Gasteiger charge is 2.26. The minimum absolute atomic E-state index is 0.0734. The predicted molar refractivity (Wildman–Crippen MR) is 31.4 cm³/mol. The molecule has 0 unspecified atom stereocenters. The summed E-state index contributed by atoms with van der Waals surface area (Å²) < 4.78 is 34.0. The molecule has 0 amide bonds. The number of nitrogens with one attached hydrogen (secondary N) is 1. The molecule has 0 saturated carbocycles. The average molecular weight is 155 g/mol. The molecule has 0 fully saturated rings. The second-order valence-electron chi connectivity index (χ2n) is 1.70. The van der Waals surface area contributed by atoms with E-state index in [0.29, 0.717) is 0 Å². The minimum atomic E-state index is -4.24. The van der Waals surface area contributed by atoms with Crippen LogP contribution in [0.25, 0.3) is 0 Å². The molecule has 0 radical (unpaired) electrons. The third kappa shape index (κ3) is 7.06. The van der Waals surface area contributed by atoms with Crippen molar-refractivity contribution in [1.29, 1.82) is 0 Å². The topological polar surface area (TPSA) is 50.4 Å². The molecule has 10 heavy (non-hydrogen) atoms. The van der Waals surface area contributed by atoms with E-state index in [1.54, 1.807) is 5.43 Å². The lowest BCUT2D eigenvalue weighted by atomic mass is 10.7. The fraction of sp³-hybridized carbons (Fsp3) is 0.750. The third-order valence-electron chi connectivity index (χ3n) is 0.535. The van der Waals surface area contributed by atoms with Crippen LogP contribution in [0.15, 0.2) is 5.10 Å². The highest BCUT2D eigenvalue weighted by atomic mass is 19.4. The van der Waals surface area contributed by atoms with Gasteiger partial charge in [0.15, 0.2) is 0 Å². The Balaban J connectivity index is 3.47. The lowest BCUT2D eigenvalue weighted by Gasteiger charge is -2.04. The van der Waals surface area contributed by atoms with Gasteiger partial charge in [-0.2, -0.15) is 18.3 Å². The molecule has 0 aliphatic heterocycles. The van der Waals surface area contributed by atoms with Gasteiger partial charge in [-0.15, -0.1) is 0 Å². The number of amidine groups is 1. The van der Waals surface area contributed by atoms with Crippen molar-refractivity contribution >= 4 is 5.84 Å². The average Bonchev–Trinajstić information content (AvgIpc) is 1.59. The summed E-state index contributed by atoms with van der Waals surface area (Å²) in [5.41, 5.74) is 6.70. The van der Waals surface area contributed by atoms with Gasteiger partial charge in [-0.1, -0.05) is 0 Å². The van der Waals surface area contributed by atoms with Crippen LogP contribution in [0.1, 0.15) is 6.92 Å². The zero-order valence-corrected chi connectivity index (χ0v) is 5.37. The third-order valence-corrected chi connectivity index (χ3v) is 0.535. The molecule has 6 heteroatoms. The summed E-state index contributed by atoms with van der Waals surface area (Å²) in [5.74, 6) is 0.0734. The zero-order chi connectivity index (χ0) is 8.20. The van der Waals surface area contributed by atoms with E-state index in [2.05, 4.69) is 5.10 Å². The molecule has 60 valence electrons. The molecule has 3 N–H and O–H groups in total. The minimum Gasteiger partial charge on any atom is -0.386 e. The largest absolute Gasteiger partial charge is 0.407 e. The van der Waals surface area contributed by atoms with Gasteiger partial charge in [0.2, 0.25) is 0 Å². The lowest BCUT2D eigenvalue weighted by Crippen LogP contribution is -2.26. The van der Waals surface area contributed by atoms with Gasteiger partial charge >= 0.3 is 6.18 Å². The van der Waals surface area contributed by atoms with Crippen molar-refractivity contribution in [3.8, 4) is 0 Å². The van der Waals surface area contributed by atoms with E-state index in [4.69, 9.17) is 5.73 Å². The molecule has 3 nitrogen and oxygen atoms in total. The maximum Gasteiger partial charge on any atom is 0.407 e. The zero-order valence-electron chi connectivity index (χ0n) is 5.37. The molecule has 0 saturated heterocycles. The molecule has 0 aromatic carbocycles. The summed E-state index contributed by atoms with van der Waals surface area (Å²) in [4.78, 5) is 0. The van der Waals surface area contributed by atoms with Crippen molar-refractivity contribution in [3.63, 3.8) is 0 Å². The first kappa shape index (κ1) is 9.06. The van der Waals surface area contributed by atoms with E-state index in [0.717, 1.165) is 0 Å². The Bertz CT molecular complexity index is 124. The summed E-state index contributed by atoms with van der Waals surface area (Å²) in [6, 6.07) is 0. The van der Waals surface area contributed by atoms with Crippen molar-refractivity contribution in [2.45, 2.75) is 13.1 Å². The fourth-order valence-electron chi connectivity index (χ4n) is 0.254. The normalized spacial score (nSPS) is 13.4. The van der Waals surface area contributed by atoms with Crippen LogP contribution in [0.3, 0.4) is 0 Å². The molecule has 0 aromatic rings. The standard InChI is InChI=1S/C4H8F3N3/c1-3(8)10-9-2-4(5,6)7/h9H,2H2,1H3,(H2,8,10). The molecule has 0 aromatic heterocycles. The molecule has 0 spiro atoms. The molecule has 0 heterocycles. The number of rotatable bonds is 2. The van der Waals surface area contributed by atoms with Gasteiger partial charge in [-0.3, -0.25) is 5.43 Å². The summed E-state index contributed by atoms with van der Waals surface area (Å²) >= 11 is 0. The first-order chi connectivity index (χ1) is 4.42. The molecular formula is C4H8F3N3. The van der Waals surface area contributed by atoms with Gasteiger partial charge in [-0.25, -0.2) is 0 Å². The van der Waals surface area contributed by atoms with Crippen molar-refractivity contribution in [1.82, 2.24) is 5.43 Å². The SMILES string of the molecule is C/C(N)=N/NCC(F)(F)F. The smallest absolute Gasteiger partial charge is 0.386 e. The summed E-state index contributed by atoms with van der Waals surface area (Å²) in [5, 5.41) is 3.13. The van der Waals surface area contributed by atoms with Crippen molar-refractivity contribution in [3.05, 3.63) is 0 Å². The Morgan fingerprint density at radius 1 is 1.60 bits per heavy atom. The summed E-state index contributed by atoms with van der Waals surface area (Å²) in [7, 11) is 0. The van der Waals surface area contributed by atoms with E-state index in [9.17, 15) is 13.2 Å². The van der Waals surface area contributed by atoms with Crippen LogP contribution >= 0.6 is 0 Å². The number of nitrogens with zero attached hydrogens (tertiary/aromatic N) is 1. The molecule has 0 rings (SSSR count). The van der Waals surface area contributed by atoms with Gasteiger partial charge in [0, 0.05) is 0 Å². The Kier molecular flexibility index (Phi) is 2.98. The van der Waals surface area contributed by atoms with Crippen LogP contribution < -0.4 is 11.2 Å². The van der Waals surface area contributed by atoms with Crippen LogP contribution in [-0.4, -0.2) is 18.6 Å². The van der Waals surface area contributed by atoms with Gasteiger partial charge in [0.05, 0.1) is 0 Å². The Morgan fingerprint density at radius 3 is 2.40 bits per heavy atom. The monoisotopic (exact) mass is 155 g/mol. The highest BCUT2D eigenvalue weighted by Crippen LogP contribution is 2.11. The van der Waals surface area contributed by atoms with E-state index >= 15 is 0 Å². The Morgan fingerprint density at radius 2 is 2.10 bits per heavy atom. The van der Waals surface area contributed by atoms with Crippen LogP contribution in [0, 0.1) is 0 Å². The van der Waals surface area contributed by atoms with Crippen molar-refractivity contribution < 1.29 is 13.2 Å². The number of hydrogen-bond acceptors (Lipinski definition) is 2. The number of hydrogen-bond donors (Lipinski definition) is 2. The Hall–Kier alpha value is -0.940. The Labute approximate surface area is 56.1 Å². The van der Waals surface area contributed by atoms with E-state index in [1.807, 2.05) is 0 Å². The summed E-state index contributed by atoms with van der Waals surface area (Å²) in [6.07, 6.45) is -4.24. The van der Waals surface area contributed by atoms with Crippen molar-refractivity contribution in [2.75, 3.05) is 6.54 Å². The van der Waals surface area contributed by atoms with Crippen LogP contribution in [-0.2, 0) is 0 Å². The first-order valence-electron chi connectivity index (χ1n) is 2.51. The van der Waals surface area contributed by atoms with E-state index in [-0.39, 0.29) is 5.84 Å². The van der Waals surface area contributed by atoms with E-state index < -0.39 is 12.7 Å². The summed E-state index contributed by atoms with van der Waals surface area (Å²) in [6.45, 7) is 0.241. The maximum absolute atomic E-state index is 11.3. The number of nitrogens with two attached hydrogens (primary N) is 1. The molecule has 0 aliphatic carbocycles. The molecular weight excluding hydrogens is 147 g/mol. The number of halogens is 3. The molecule has 0 atom stereocenters. The quantitative estimate of drug-likeness (QED) is 0.345. The van der Waals surface area contributed by atoms with Crippen molar-refractivity contribution in [2.24, 2.45) is 10.8 Å². The second-order valence-corrected chi connectivity index (χ2v) is 1.70. The maximum atomic E-state index is 11.3. The van der Waals surface area contributed by atoms with Crippen LogP contribution in [0.4, 0.5) is 13.2 Å². The van der Waals surface area contributed by atoms with Gasteiger partial charge < -0.3 is 5.73 Å². The van der Waals surface area contributed by atoms with Gasteiger partial charge in [-0.05, 0) is 6.92 Å². The predicted octanol–water partition coefficient (Wildman–Crippen LogP) is 0.430. The lowest BCUT2D eigenvalue weighted by molar-refractivity contribution is -0.124. The number of hydrazone groups is 1. The van der Waals surface area contributed by atoms with Crippen LogP contribution in [0.2, 0.25) is 0 Å². The highest BCUT2D eigenvalue weighted by molar-refractivity contribution is 5.77. The fourth-order valence-corrected chi connectivity index (χ4v) is 0.254. The molecule has 0 aliphatic rings. The van der Waals surface area contributed by atoms with Gasteiger partial charge in [0.1, 0.15) is 12.4 Å². The van der Waals surface area contributed by atoms with Crippen LogP contribution in [0.5, 0.6) is 0 Å². The van der Waals surface area contributed by atoms with Gasteiger partial charge in [0.25, 0.3) is 0 Å². The van der Waals surface area contributed by atoms with E-state index in [1.165, 1.54) is 6.92 Å². The molecule has 0 bridgehead atoms.